The lowest BCUT2D eigenvalue weighted by Crippen LogP contribution is -2.29. The molecule has 1 aliphatic rings. The number of aliphatic hydroxyl groups is 1. The van der Waals surface area contributed by atoms with Crippen LogP contribution in [0.1, 0.15) is 36.0 Å². The van der Waals surface area contributed by atoms with E-state index in [4.69, 9.17) is 4.74 Å². The van der Waals surface area contributed by atoms with E-state index >= 15 is 0 Å². The number of hydrogen-bond acceptors (Lipinski definition) is 7. The Kier molecular flexibility index (Phi) is 5.56. The highest BCUT2D eigenvalue weighted by atomic mass is 32.1. The molecule has 2 aromatic carbocycles. The van der Waals surface area contributed by atoms with Crippen LogP contribution in [0.3, 0.4) is 0 Å². The summed E-state index contributed by atoms with van der Waals surface area (Å²) in [6.07, 6.45) is 0.0122. The molecule has 2 heterocycles. The van der Waals surface area contributed by atoms with Gasteiger partial charge < -0.3 is 9.84 Å². The Morgan fingerprint density at radius 3 is 2.32 bits per heavy atom. The lowest BCUT2D eigenvalue weighted by Gasteiger charge is -2.22. The SMILES string of the molecule is Cc1nnc(N2C(=O)C(=O)/C(=C(/O)c3ccc(OC(C)C)cc3)[C@@H]2c2ccccc2)s1. The van der Waals surface area contributed by atoms with E-state index in [1.807, 2.05) is 44.2 Å². The second-order valence-electron chi connectivity index (χ2n) is 7.37. The molecule has 31 heavy (non-hydrogen) atoms. The Labute approximate surface area is 183 Å². The summed E-state index contributed by atoms with van der Waals surface area (Å²) >= 11 is 1.22. The fraction of sp³-hybridized carbons (Fsp3) is 0.217. The third kappa shape index (κ3) is 3.94. The van der Waals surface area contributed by atoms with Gasteiger partial charge >= 0.3 is 5.91 Å². The summed E-state index contributed by atoms with van der Waals surface area (Å²) in [6, 6.07) is 15.1. The van der Waals surface area contributed by atoms with Gasteiger partial charge in [0.15, 0.2) is 0 Å². The van der Waals surface area contributed by atoms with Gasteiger partial charge in [-0.3, -0.25) is 14.5 Å². The van der Waals surface area contributed by atoms with Crippen LogP contribution in [0.2, 0.25) is 0 Å². The topological polar surface area (TPSA) is 92.6 Å². The minimum Gasteiger partial charge on any atom is -0.507 e. The van der Waals surface area contributed by atoms with Gasteiger partial charge in [0.05, 0.1) is 17.7 Å². The molecule has 1 aliphatic heterocycles. The number of rotatable bonds is 5. The predicted molar refractivity (Wildman–Crippen MR) is 118 cm³/mol. The molecule has 1 aromatic heterocycles. The molecule has 0 aliphatic carbocycles. The molecule has 0 radical (unpaired) electrons. The van der Waals surface area contributed by atoms with Gasteiger partial charge in [-0.25, -0.2) is 0 Å². The number of carbonyl (C=O) groups is 2. The zero-order valence-corrected chi connectivity index (χ0v) is 18.1. The number of nitrogens with zero attached hydrogens (tertiary/aromatic N) is 3. The van der Waals surface area contributed by atoms with Crippen LogP contribution < -0.4 is 9.64 Å². The second kappa shape index (κ2) is 8.31. The molecule has 1 saturated heterocycles. The van der Waals surface area contributed by atoms with Gasteiger partial charge in [0.25, 0.3) is 5.78 Å². The van der Waals surface area contributed by atoms with E-state index in [2.05, 4.69) is 10.2 Å². The number of ketones is 1. The van der Waals surface area contributed by atoms with Crippen LogP contribution in [0.25, 0.3) is 5.76 Å². The Morgan fingerprint density at radius 2 is 1.74 bits per heavy atom. The standard InChI is InChI=1S/C23H21N3O4S/c1-13(2)30-17-11-9-16(10-12-17)20(27)18-19(15-7-5-4-6-8-15)26(22(29)21(18)28)23-25-24-14(3)31-23/h4-13,19,27H,1-3H3/b20-18+/t19-/m0/s1. The summed E-state index contributed by atoms with van der Waals surface area (Å²) in [5, 5.41) is 20.1. The number of ether oxygens (including phenoxy) is 1. The van der Waals surface area contributed by atoms with Crippen LogP contribution in [-0.2, 0) is 9.59 Å². The van der Waals surface area contributed by atoms with Crippen LogP contribution in [0.15, 0.2) is 60.2 Å². The average Bonchev–Trinajstić information content (AvgIpc) is 3.29. The number of Topliss-reactive ketones (excluding diaryl/α,β-unsaturated/α-hetero) is 1. The number of aliphatic hydroxyl groups excluding tert-OH is 1. The molecule has 1 amide bonds. The quantitative estimate of drug-likeness (QED) is 0.366. The van der Waals surface area contributed by atoms with Crippen LogP contribution in [0.5, 0.6) is 5.75 Å². The van der Waals surface area contributed by atoms with Gasteiger partial charge in [0.1, 0.15) is 16.5 Å². The molecule has 0 saturated carbocycles. The Hall–Kier alpha value is -3.52. The first-order chi connectivity index (χ1) is 14.9. The first kappa shape index (κ1) is 20.7. The maximum atomic E-state index is 13.0. The summed E-state index contributed by atoms with van der Waals surface area (Å²) in [5.74, 6) is -1.10. The summed E-state index contributed by atoms with van der Waals surface area (Å²) < 4.78 is 5.64. The molecule has 8 heteroatoms. The molecule has 1 atom stereocenters. The highest BCUT2D eigenvalue weighted by Gasteiger charge is 2.48. The zero-order chi connectivity index (χ0) is 22.1. The third-order valence-electron chi connectivity index (χ3n) is 4.78. The van der Waals surface area contributed by atoms with Crippen LogP contribution in [0, 0.1) is 6.92 Å². The molecule has 1 N–H and O–H groups in total. The van der Waals surface area contributed by atoms with Crippen molar-refractivity contribution in [1.82, 2.24) is 10.2 Å². The normalized spacial score (nSPS) is 18.1. The number of hydrogen-bond donors (Lipinski definition) is 1. The van der Waals surface area contributed by atoms with Crippen molar-refractivity contribution >= 4 is 33.9 Å². The first-order valence-electron chi connectivity index (χ1n) is 9.80. The summed E-state index contributed by atoms with van der Waals surface area (Å²) in [6.45, 7) is 5.62. The van der Waals surface area contributed by atoms with Crippen molar-refractivity contribution in [3.63, 3.8) is 0 Å². The van der Waals surface area contributed by atoms with Gasteiger partial charge in [-0.2, -0.15) is 0 Å². The van der Waals surface area contributed by atoms with E-state index in [-0.39, 0.29) is 17.4 Å². The largest absolute Gasteiger partial charge is 0.507 e. The number of benzene rings is 2. The Morgan fingerprint density at radius 1 is 1.06 bits per heavy atom. The minimum absolute atomic E-state index is 0.0122. The molecule has 0 spiro atoms. The molecule has 0 unspecified atom stereocenters. The van der Waals surface area contributed by atoms with Gasteiger partial charge in [-0.05, 0) is 50.6 Å². The monoisotopic (exact) mass is 435 g/mol. The molecule has 0 bridgehead atoms. The van der Waals surface area contributed by atoms with Crippen molar-refractivity contribution in [2.24, 2.45) is 0 Å². The van der Waals surface area contributed by atoms with E-state index in [1.54, 1.807) is 31.2 Å². The van der Waals surface area contributed by atoms with Crippen molar-refractivity contribution in [3.05, 3.63) is 76.3 Å². The van der Waals surface area contributed by atoms with Crippen molar-refractivity contribution in [1.29, 1.82) is 0 Å². The maximum Gasteiger partial charge on any atom is 0.301 e. The van der Waals surface area contributed by atoms with Gasteiger partial charge in [-0.1, -0.05) is 41.7 Å². The molecular weight excluding hydrogens is 414 g/mol. The lowest BCUT2D eigenvalue weighted by atomic mass is 9.95. The Bertz CT molecular complexity index is 1150. The number of aryl methyl sites for hydroxylation is 1. The fourth-order valence-corrected chi connectivity index (χ4v) is 4.20. The molecule has 3 aromatic rings. The number of anilines is 1. The predicted octanol–water partition coefficient (Wildman–Crippen LogP) is 4.26. The maximum absolute atomic E-state index is 13.0. The van der Waals surface area contributed by atoms with Gasteiger partial charge in [-0.15, -0.1) is 10.2 Å². The van der Waals surface area contributed by atoms with E-state index < -0.39 is 17.7 Å². The third-order valence-corrected chi connectivity index (χ3v) is 5.62. The van der Waals surface area contributed by atoms with Crippen LogP contribution in [-0.4, -0.2) is 33.1 Å². The molecular formula is C23H21N3O4S. The Balaban J connectivity index is 1.84. The highest BCUT2D eigenvalue weighted by molar-refractivity contribution is 7.15. The fourth-order valence-electron chi connectivity index (χ4n) is 3.48. The van der Waals surface area contributed by atoms with Gasteiger partial charge in [0, 0.05) is 5.56 Å². The van der Waals surface area contributed by atoms with E-state index in [9.17, 15) is 14.7 Å². The number of carbonyl (C=O) groups excluding carboxylic acids is 2. The lowest BCUT2D eigenvalue weighted by molar-refractivity contribution is -0.132. The average molecular weight is 436 g/mol. The summed E-state index contributed by atoms with van der Waals surface area (Å²) in [5.41, 5.74) is 1.13. The number of amides is 1. The second-order valence-corrected chi connectivity index (χ2v) is 8.53. The zero-order valence-electron chi connectivity index (χ0n) is 17.3. The summed E-state index contributed by atoms with van der Waals surface area (Å²) in [4.78, 5) is 27.3. The van der Waals surface area contributed by atoms with Crippen molar-refractivity contribution < 1.29 is 19.4 Å². The number of aromatic nitrogens is 2. The highest BCUT2D eigenvalue weighted by Crippen LogP contribution is 2.42. The van der Waals surface area contributed by atoms with E-state index in [1.165, 1.54) is 16.2 Å². The van der Waals surface area contributed by atoms with Crippen molar-refractivity contribution in [3.8, 4) is 5.75 Å². The minimum atomic E-state index is -0.805. The summed E-state index contributed by atoms with van der Waals surface area (Å²) in [7, 11) is 0. The molecule has 1 fully saturated rings. The molecule has 158 valence electrons. The van der Waals surface area contributed by atoms with Crippen molar-refractivity contribution in [2.75, 3.05) is 4.90 Å². The van der Waals surface area contributed by atoms with Crippen LogP contribution in [0.4, 0.5) is 5.13 Å². The van der Waals surface area contributed by atoms with E-state index in [0.717, 1.165) is 0 Å². The van der Waals surface area contributed by atoms with Crippen molar-refractivity contribution in [2.45, 2.75) is 32.9 Å². The molecule has 7 nitrogen and oxygen atoms in total. The van der Waals surface area contributed by atoms with Crippen LogP contribution >= 0.6 is 11.3 Å². The van der Waals surface area contributed by atoms with Gasteiger partial charge in [0.2, 0.25) is 5.13 Å². The van der Waals surface area contributed by atoms with E-state index in [0.29, 0.717) is 27.0 Å². The smallest absolute Gasteiger partial charge is 0.301 e. The first-order valence-corrected chi connectivity index (χ1v) is 10.6. The molecule has 4 rings (SSSR count).